The van der Waals surface area contributed by atoms with Crippen LogP contribution in [0.4, 0.5) is 0 Å². The fourth-order valence-corrected chi connectivity index (χ4v) is 3.96. The highest BCUT2D eigenvalue weighted by Gasteiger charge is 2.32. The minimum Gasteiger partial charge on any atom is -0.390 e. The molecule has 0 saturated carbocycles. The third-order valence-electron chi connectivity index (χ3n) is 4.74. The molecule has 2 aliphatic rings. The summed E-state index contributed by atoms with van der Waals surface area (Å²) < 4.78 is 6.80. The molecule has 1 aromatic carbocycles. The summed E-state index contributed by atoms with van der Waals surface area (Å²) in [6.45, 7) is 0.928. The SMILES string of the molecule is OC1(CCCC2CCCO2)CCc2cc(Br)ccc2C1. The van der Waals surface area contributed by atoms with Crippen molar-refractivity contribution in [2.45, 2.75) is 63.1 Å². The second kappa shape index (κ2) is 6.17. The van der Waals surface area contributed by atoms with Crippen LogP contribution in [0.3, 0.4) is 0 Å². The molecule has 1 fully saturated rings. The fraction of sp³-hybridized carbons (Fsp3) is 0.647. The molecule has 1 aliphatic carbocycles. The summed E-state index contributed by atoms with van der Waals surface area (Å²) in [5, 5.41) is 10.8. The molecule has 1 aliphatic heterocycles. The number of benzene rings is 1. The zero-order chi connectivity index (χ0) is 14.0. The Labute approximate surface area is 129 Å². The Kier molecular flexibility index (Phi) is 4.49. The lowest BCUT2D eigenvalue weighted by molar-refractivity contribution is 0.0109. The molecule has 2 nitrogen and oxygen atoms in total. The van der Waals surface area contributed by atoms with Gasteiger partial charge in [0.15, 0.2) is 0 Å². The van der Waals surface area contributed by atoms with Crippen LogP contribution in [0.2, 0.25) is 0 Å². The van der Waals surface area contributed by atoms with Gasteiger partial charge in [-0.15, -0.1) is 0 Å². The molecule has 1 aromatic rings. The van der Waals surface area contributed by atoms with Gasteiger partial charge in [0.05, 0.1) is 11.7 Å². The van der Waals surface area contributed by atoms with Crippen molar-refractivity contribution in [3.05, 3.63) is 33.8 Å². The third-order valence-corrected chi connectivity index (χ3v) is 5.23. The topological polar surface area (TPSA) is 29.5 Å². The lowest BCUT2D eigenvalue weighted by atomic mass is 9.77. The summed E-state index contributed by atoms with van der Waals surface area (Å²) in [4.78, 5) is 0. The van der Waals surface area contributed by atoms with Crippen LogP contribution in [0, 0.1) is 0 Å². The molecule has 0 radical (unpaired) electrons. The summed E-state index contributed by atoms with van der Waals surface area (Å²) in [5.74, 6) is 0. The predicted molar refractivity (Wildman–Crippen MR) is 83.9 cm³/mol. The first-order valence-electron chi connectivity index (χ1n) is 7.76. The molecule has 2 unspecified atom stereocenters. The zero-order valence-corrected chi connectivity index (χ0v) is 13.5. The number of aliphatic hydroxyl groups is 1. The lowest BCUT2D eigenvalue weighted by Crippen LogP contribution is -2.36. The van der Waals surface area contributed by atoms with Gasteiger partial charge in [0, 0.05) is 17.5 Å². The Morgan fingerprint density at radius 1 is 1.35 bits per heavy atom. The highest BCUT2D eigenvalue weighted by molar-refractivity contribution is 9.10. The van der Waals surface area contributed by atoms with E-state index in [0.29, 0.717) is 6.10 Å². The van der Waals surface area contributed by atoms with Crippen molar-refractivity contribution >= 4 is 15.9 Å². The van der Waals surface area contributed by atoms with Crippen molar-refractivity contribution in [3.63, 3.8) is 0 Å². The highest BCUT2D eigenvalue weighted by atomic mass is 79.9. The summed E-state index contributed by atoms with van der Waals surface area (Å²) in [7, 11) is 0. The maximum Gasteiger partial charge on any atom is 0.0691 e. The van der Waals surface area contributed by atoms with Gasteiger partial charge < -0.3 is 9.84 Å². The first-order chi connectivity index (χ1) is 9.65. The van der Waals surface area contributed by atoms with Crippen LogP contribution in [0.15, 0.2) is 22.7 Å². The van der Waals surface area contributed by atoms with E-state index in [1.54, 1.807) is 0 Å². The second-order valence-corrected chi connectivity index (χ2v) is 7.26. The average molecular weight is 339 g/mol. The molecule has 20 heavy (non-hydrogen) atoms. The number of hydrogen-bond acceptors (Lipinski definition) is 2. The average Bonchev–Trinajstić information content (AvgIpc) is 2.92. The van der Waals surface area contributed by atoms with Crippen LogP contribution >= 0.6 is 15.9 Å². The van der Waals surface area contributed by atoms with E-state index in [1.165, 1.54) is 24.0 Å². The number of fused-ring (bicyclic) bond motifs is 1. The van der Waals surface area contributed by atoms with E-state index in [1.807, 2.05) is 0 Å². The van der Waals surface area contributed by atoms with Crippen LogP contribution in [-0.4, -0.2) is 23.4 Å². The summed E-state index contributed by atoms with van der Waals surface area (Å²) in [6, 6.07) is 6.43. The standard InChI is InChI=1S/C17H23BrO2/c18-15-6-5-14-12-17(19,9-7-13(14)11-15)8-1-3-16-4-2-10-20-16/h5-6,11,16,19H,1-4,7-10,12H2. The van der Waals surface area contributed by atoms with Gasteiger partial charge in [-0.05, 0) is 68.2 Å². The summed E-state index contributed by atoms with van der Waals surface area (Å²) >= 11 is 3.52. The summed E-state index contributed by atoms with van der Waals surface area (Å²) in [6.07, 6.45) is 8.64. The third kappa shape index (κ3) is 3.44. The Bertz CT molecular complexity index is 468. The van der Waals surface area contributed by atoms with Crippen molar-refractivity contribution in [1.29, 1.82) is 0 Å². The van der Waals surface area contributed by atoms with Gasteiger partial charge in [0.1, 0.15) is 0 Å². The fourth-order valence-electron chi connectivity index (χ4n) is 3.55. The van der Waals surface area contributed by atoms with Crippen molar-refractivity contribution in [2.24, 2.45) is 0 Å². The van der Waals surface area contributed by atoms with E-state index < -0.39 is 5.60 Å². The van der Waals surface area contributed by atoms with Crippen LogP contribution in [0.1, 0.15) is 49.7 Å². The van der Waals surface area contributed by atoms with Crippen molar-refractivity contribution in [2.75, 3.05) is 6.61 Å². The first-order valence-corrected chi connectivity index (χ1v) is 8.55. The molecular weight excluding hydrogens is 316 g/mol. The largest absolute Gasteiger partial charge is 0.390 e. The van der Waals surface area contributed by atoms with E-state index in [9.17, 15) is 5.11 Å². The normalized spacial score (nSPS) is 29.4. The molecule has 0 aromatic heterocycles. The van der Waals surface area contributed by atoms with Gasteiger partial charge in [-0.2, -0.15) is 0 Å². The molecule has 1 N–H and O–H groups in total. The van der Waals surface area contributed by atoms with E-state index in [-0.39, 0.29) is 0 Å². The Morgan fingerprint density at radius 3 is 3.05 bits per heavy atom. The van der Waals surface area contributed by atoms with Crippen LogP contribution in [-0.2, 0) is 17.6 Å². The van der Waals surface area contributed by atoms with Gasteiger partial charge >= 0.3 is 0 Å². The Hall–Kier alpha value is -0.380. The Morgan fingerprint density at radius 2 is 2.25 bits per heavy atom. The van der Waals surface area contributed by atoms with Crippen molar-refractivity contribution in [3.8, 4) is 0 Å². The van der Waals surface area contributed by atoms with Crippen molar-refractivity contribution in [1.82, 2.24) is 0 Å². The van der Waals surface area contributed by atoms with Gasteiger partial charge in [-0.3, -0.25) is 0 Å². The molecule has 0 bridgehead atoms. The number of hydrogen-bond donors (Lipinski definition) is 1. The van der Waals surface area contributed by atoms with Gasteiger partial charge in [-0.1, -0.05) is 22.0 Å². The number of ether oxygens (including phenoxy) is 1. The molecule has 0 amide bonds. The maximum absolute atomic E-state index is 10.8. The van der Waals surface area contributed by atoms with Crippen LogP contribution in [0.5, 0.6) is 0 Å². The molecule has 2 atom stereocenters. The minimum absolute atomic E-state index is 0.449. The molecular formula is C17H23BrO2. The lowest BCUT2D eigenvalue weighted by Gasteiger charge is -2.34. The first kappa shape index (κ1) is 14.6. The van der Waals surface area contributed by atoms with E-state index in [4.69, 9.17) is 4.74 Å². The predicted octanol–water partition coefficient (Wildman–Crippen LogP) is 4.02. The number of halogens is 1. The van der Waals surface area contributed by atoms with E-state index in [2.05, 4.69) is 34.1 Å². The van der Waals surface area contributed by atoms with Gasteiger partial charge in [0.2, 0.25) is 0 Å². The Balaban J connectivity index is 1.55. The van der Waals surface area contributed by atoms with Gasteiger partial charge in [-0.25, -0.2) is 0 Å². The maximum atomic E-state index is 10.8. The quantitative estimate of drug-likeness (QED) is 0.898. The summed E-state index contributed by atoms with van der Waals surface area (Å²) in [5.41, 5.74) is 2.21. The minimum atomic E-state index is -0.501. The number of rotatable bonds is 4. The molecule has 0 spiro atoms. The van der Waals surface area contributed by atoms with Crippen molar-refractivity contribution < 1.29 is 9.84 Å². The van der Waals surface area contributed by atoms with Crippen LogP contribution in [0.25, 0.3) is 0 Å². The molecule has 1 heterocycles. The molecule has 1 saturated heterocycles. The smallest absolute Gasteiger partial charge is 0.0691 e. The molecule has 3 heteroatoms. The molecule has 110 valence electrons. The van der Waals surface area contributed by atoms with Crippen LogP contribution < -0.4 is 0 Å². The van der Waals surface area contributed by atoms with E-state index >= 15 is 0 Å². The van der Waals surface area contributed by atoms with E-state index in [0.717, 1.165) is 49.6 Å². The van der Waals surface area contributed by atoms with Gasteiger partial charge in [0.25, 0.3) is 0 Å². The number of aryl methyl sites for hydroxylation is 1. The molecule has 3 rings (SSSR count). The zero-order valence-electron chi connectivity index (χ0n) is 11.9. The second-order valence-electron chi connectivity index (χ2n) is 6.34. The monoisotopic (exact) mass is 338 g/mol. The highest BCUT2D eigenvalue weighted by Crippen LogP contribution is 2.34.